The van der Waals surface area contributed by atoms with Crippen molar-refractivity contribution in [3.63, 3.8) is 0 Å². The second-order valence-corrected chi connectivity index (χ2v) is 5.03. The lowest BCUT2D eigenvalue weighted by atomic mass is 10.2. The number of benzene rings is 1. The van der Waals surface area contributed by atoms with Gasteiger partial charge in [0.15, 0.2) is 0 Å². The lowest BCUT2D eigenvalue weighted by Gasteiger charge is -2.20. The van der Waals surface area contributed by atoms with Gasteiger partial charge in [-0.1, -0.05) is 26.0 Å². The van der Waals surface area contributed by atoms with Crippen molar-refractivity contribution in [1.29, 1.82) is 0 Å². The van der Waals surface area contributed by atoms with E-state index in [4.69, 9.17) is 0 Å². The quantitative estimate of drug-likeness (QED) is 0.810. The van der Waals surface area contributed by atoms with E-state index in [0.717, 1.165) is 25.2 Å². The Kier molecular flexibility index (Phi) is 4.96. The zero-order chi connectivity index (χ0) is 15.4. The largest absolute Gasteiger partial charge is 0.331 e. The van der Waals surface area contributed by atoms with Gasteiger partial charge >= 0.3 is 5.69 Å². The van der Waals surface area contributed by atoms with Crippen molar-refractivity contribution in [2.75, 3.05) is 19.6 Å². The van der Waals surface area contributed by atoms with Gasteiger partial charge in [-0.2, -0.15) is 0 Å². The third-order valence-electron chi connectivity index (χ3n) is 3.98. The zero-order valence-electron chi connectivity index (χ0n) is 13.0. The minimum Gasteiger partial charge on any atom is -0.302 e. The summed E-state index contributed by atoms with van der Waals surface area (Å²) >= 11 is 0. The molecule has 0 saturated heterocycles. The molecule has 2 aromatic rings. The summed E-state index contributed by atoms with van der Waals surface area (Å²) in [6.07, 6.45) is 0. The summed E-state index contributed by atoms with van der Waals surface area (Å²) in [5.74, 6) is 0. The molecule has 0 aliphatic carbocycles. The summed E-state index contributed by atoms with van der Waals surface area (Å²) in [5, 5.41) is 0.610. The van der Waals surface area contributed by atoms with Crippen molar-refractivity contribution < 1.29 is 0 Å². The lowest BCUT2D eigenvalue weighted by molar-refractivity contribution is 0.289. The van der Waals surface area contributed by atoms with Gasteiger partial charge in [0.05, 0.1) is 10.9 Å². The first-order valence-electron chi connectivity index (χ1n) is 7.58. The molecule has 1 aromatic heterocycles. The van der Waals surface area contributed by atoms with E-state index in [1.54, 1.807) is 10.6 Å². The number of aromatic nitrogens is 2. The topological polar surface area (TPSA) is 47.2 Å². The van der Waals surface area contributed by atoms with E-state index >= 15 is 0 Å². The highest BCUT2D eigenvalue weighted by Gasteiger charge is 2.12. The second kappa shape index (κ2) is 6.72. The van der Waals surface area contributed by atoms with Gasteiger partial charge in [-0.3, -0.25) is 13.9 Å². The van der Waals surface area contributed by atoms with Crippen LogP contribution in [0.4, 0.5) is 0 Å². The number of likely N-dealkylation sites (N-methyl/N-ethyl adjacent to an activating group) is 1. The molecule has 0 amide bonds. The summed E-state index contributed by atoms with van der Waals surface area (Å²) in [7, 11) is 0. The molecule has 1 aromatic carbocycles. The van der Waals surface area contributed by atoms with Gasteiger partial charge in [0.25, 0.3) is 5.56 Å². The molecule has 0 aliphatic rings. The Morgan fingerprint density at radius 2 is 1.67 bits per heavy atom. The maximum Gasteiger partial charge on any atom is 0.331 e. The first-order chi connectivity index (χ1) is 10.1. The molecule has 0 radical (unpaired) electrons. The fraction of sp³-hybridized carbons (Fsp3) is 0.500. The first kappa shape index (κ1) is 15.5. The fourth-order valence-corrected chi connectivity index (χ4v) is 2.65. The SMILES string of the molecule is CCN(CC)CCn1c(=O)n(CC)c(=O)c2ccccc21. The third-order valence-corrected chi connectivity index (χ3v) is 3.98. The molecule has 0 aliphatic heterocycles. The van der Waals surface area contributed by atoms with Crippen molar-refractivity contribution in [2.45, 2.75) is 33.9 Å². The minimum absolute atomic E-state index is 0.197. The van der Waals surface area contributed by atoms with Crippen molar-refractivity contribution in [1.82, 2.24) is 14.0 Å². The molecule has 0 unspecified atom stereocenters. The van der Waals surface area contributed by atoms with E-state index in [2.05, 4.69) is 18.7 Å². The highest BCUT2D eigenvalue weighted by molar-refractivity contribution is 5.77. The van der Waals surface area contributed by atoms with E-state index in [-0.39, 0.29) is 11.2 Å². The molecular formula is C16H23N3O2. The first-order valence-corrected chi connectivity index (χ1v) is 7.58. The van der Waals surface area contributed by atoms with Crippen LogP contribution in [-0.4, -0.2) is 33.7 Å². The average molecular weight is 289 g/mol. The van der Waals surface area contributed by atoms with Crippen molar-refractivity contribution in [3.05, 3.63) is 45.1 Å². The number of hydrogen-bond acceptors (Lipinski definition) is 3. The number of fused-ring (bicyclic) bond motifs is 1. The van der Waals surface area contributed by atoms with Gasteiger partial charge in [-0.15, -0.1) is 0 Å². The van der Waals surface area contributed by atoms with E-state index < -0.39 is 0 Å². The number of rotatable bonds is 6. The highest BCUT2D eigenvalue weighted by Crippen LogP contribution is 2.07. The van der Waals surface area contributed by atoms with E-state index in [1.807, 2.05) is 25.1 Å². The predicted octanol–water partition coefficient (Wildman–Crippen LogP) is 1.52. The Bertz CT molecular complexity index is 726. The molecule has 0 saturated carbocycles. The molecule has 1 heterocycles. The normalized spacial score (nSPS) is 11.4. The zero-order valence-corrected chi connectivity index (χ0v) is 13.0. The highest BCUT2D eigenvalue weighted by atomic mass is 16.2. The Hall–Kier alpha value is -1.88. The summed E-state index contributed by atoms with van der Waals surface area (Å²) in [6.45, 7) is 9.75. The molecule has 0 fully saturated rings. The van der Waals surface area contributed by atoms with Crippen LogP contribution in [0.3, 0.4) is 0 Å². The van der Waals surface area contributed by atoms with Crippen molar-refractivity contribution >= 4 is 10.9 Å². The van der Waals surface area contributed by atoms with Crippen molar-refractivity contribution in [2.24, 2.45) is 0 Å². The summed E-state index contributed by atoms with van der Waals surface area (Å²) < 4.78 is 3.03. The Balaban J connectivity index is 2.56. The smallest absolute Gasteiger partial charge is 0.302 e. The van der Waals surface area contributed by atoms with Crippen LogP contribution in [-0.2, 0) is 13.1 Å². The maximum atomic E-state index is 12.5. The lowest BCUT2D eigenvalue weighted by Crippen LogP contribution is -2.41. The van der Waals surface area contributed by atoms with Crippen molar-refractivity contribution in [3.8, 4) is 0 Å². The molecule has 0 spiro atoms. The van der Waals surface area contributed by atoms with Crippen LogP contribution in [0.2, 0.25) is 0 Å². The Morgan fingerprint density at radius 1 is 1.00 bits per heavy atom. The molecule has 5 heteroatoms. The van der Waals surface area contributed by atoms with Crippen LogP contribution in [0, 0.1) is 0 Å². The van der Waals surface area contributed by atoms with Crippen LogP contribution in [0.25, 0.3) is 10.9 Å². The summed E-state index contributed by atoms with van der Waals surface area (Å²) in [6, 6.07) is 7.34. The van der Waals surface area contributed by atoms with Crippen LogP contribution >= 0.6 is 0 Å². The number of para-hydroxylation sites is 1. The molecule has 0 bridgehead atoms. The van der Waals surface area contributed by atoms with Crippen LogP contribution in [0.5, 0.6) is 0 Å². The molecule has 5 nitrogen and oxygen atoms in total. The van der Waals surface area contributed by atoms with Crippen LogP contribution in [0.1, 0.15) is 20.8 Å². The summed E-state index contributed by atoms with van der Waals surface area (Å²) in [5.41, 5.74) is 0.315. The van der Waals surface area contributed by atoms with Gasteiger partial charge < -0.3 is 4.90 Å². The molecular weight excluding hydrogens is 266 g/mol. The van der Waals surface area contributed by atoms with E-state index in [9.17, 15) is 9.59 Å². The summed E-state index contributed by atoms with van der Waals surface area (Å²) in [4.78, 5) is 27.1. The molecule has 0 N–H and O–H groups in total. The van der Waals surface area contributed by atoms with E-state index in [1.165, 1.54) is 4.57 Å². The number of nitrogens with zero attached hydrogens (tertiary/aromatic N) is 3. The second-order valence-electron chi connectivity index (χ2n) is 5.03. The molecule has 114 valence electrons. The monoisotopic (exact) mass is 289 g/mol. The third kappa shape index (κ3) is 2.93. The maximum absolute atomic E-state index is 12.5. The van der Waals surface area contributed by atoms with Crippen LogP contribution < -0.4 is 11.2 Å². The fourth-order valence-electron chi connectivity index (χ4n) is 2.65. The Morgan fingerprint density at radius 3 is 2.29 bits per heavy atom. The molecule has 0 atom stereocenters. The van der Waals surface area contributed by atoms with Gasteiger partial charge in [0, 0.05) is 19.6 Å². The molecule has 21 heavy (non-hydrogen) atoms. The molecule has 2 rings (SSSR count). The van der Waals surface area contributed by atoms with Gasteiger partial charge in [-0.05, 0) is 32.1 Å². The Labute approximate surface area is 124 Å². The van der Waals surface area contributed by atoms with E-state index in [0.29, 0.717) is 18.5 Å². The predicted molar refractivity (Wildman–Crippen MR) is 85.9 cm³/mol. The van der Waals surface area contributed by atoms with Gasteiger partial charge in [0.2, 0.25) is 0 Å². The van der Waals surface area contributed by atoms with Crippen LogP contribution in [0.15, 0.2) is 33.9 Å². The standard InChI is InChI=1S/C16H23N3O2/c1-4-17(5-2)11-12-19-14-10-8-7-9-13(14)15(20)18(6-3)16(19)21/h7-10H,4-6,11-12H2,1-3H3. The average Bonchev–Trinajstić information content (AvgIpc) is 2.51. The van der Waals surface area contributed by atoms with Gasteiger partial charge in [-0.25, -0.2) is 4.79 Å². The number of hydrogen-bond donors (Lipinski definition) is 0. The van der Waals surface area contributed by atoms with Gasteiger partial charge in [0.1, 0.15) is 0 Å². The minimum atomic E-state index is -0.214.